The Morgan fingerprint density at radius 1 is 1.33 bits per heavy atom. The van der Waals surface area contributed by atoms with E-state index in [2.05, 4.69) is 5.32 Å². The van der Waals surface area contributed by atoms with Crippen molar-refractivity contribution >= 4 is 50.1 Å². The molecule has 1 aliphatic rings. The van der Waals surface area contributed by atoms with E-state index in [1.54, 1.807) is 18.2 Å². The highest BCUT2D eigenvalue weighted by atomic mass is 35.5. The summed E-state index contributed by atoms with van der Waals surface area (Å²) in [4.78, 5) is 0.257. The van der Waals surface area contributed by atoms with Gasteiger partial charge in [-0.1, -0.05) is 23.2 Å². The van der Waals surface area contributed by atoms with Crippen molar-refractivity contribution in [3.8, 4) is 5.75 Å². The summed E-state index contributed by atoms with van der Waals surface area (Å²) in [6.07, 6.45) is 0.923. The molecule has 1 N–H and O–H groups in total. The zero-order valence-electron chi connectivity index (χ0n) is 10.9. The maximum absolute atomic E-state index is 11.6. The first-order valence-corrected chi connectivity index (χ1v) is 9.50. The highest BCUT2D eigenvalue weighted by Crippen LogP contribution is 2.41. The maximum atomic E-state index is 11.6. The minimum absolute atomic E-state index is 0.252. The maximum Gasteiger partial charge on any atom is 0.175 e. The lowest BCUT2D eigenvalue weighted by Gasteiger charge is -2.27. The van der Waals surface area contributed by atoms with Gasteiger partial charge in [0.1, 0.15) is 16.2 Å². The van der Waals surface area contributed by atoms with Crippen LogP contribution < -0.4 is 10.1 Å². The van der Waals surface area contributed by atoms with E-state index in [0.29, 0.717) is 26.7 Å². The van der Waals surface area contributed by atoms with Crippen molar-refractivity contribution in [2.75, 3.05) is 18.1 Å². The number of hydrogen-bond acceptors (Lipinski definition) is 5. The highest BCUT2D eigenvalue weighted by Gasteiger charge is 2.25. The van der Waals surface area contributed by atoms with Gasteiger partial charge in [0.25, 0.3) is 0 Å². The van der Waals surface area contributed by atoms with Gasteiger partial charge in [-0.25, -0.2) is 8.42 Å². The summed E-state index contributed by atoms with van der Waals surface area (Å²) < 4.78 is 30.2. The quantitative estimate of drug-likeness (QED) is 0.875. The van der Waals surface area contributed by atoms with Gasteiger partial charge in [0.05, 0.1) is 21.5 Å². The van der Waals surface area contributed by atoms with Gasteiger partial charge >= 0.3 is 0 Å². The Morgan fingerprint density at radius 2 is 2.10 bits per heavy atom. The molecule has 2 heterocycles. The van der Waals surface area contributed by atoms with Crippen molar-refractivity contribution in [1.29, 1.82) is 0 Å². The third-order valence-electron chi connectivity index (χ3n) is 3.16. The van der Waals surface area contributed by atoms with Crippen molar-refractivity contribution in [3.63, 3.8) is 0 Å². The summed E-state index contributed by atoms with van der Waals surface area (Å²) in [6, 6.07) is 6.53. The molecule has 1 atom stereocenters. The first-order valence-electron chi connectivity index (χ1n) is 6.04. The van der Waals surface area contributed by atoms with Gasteiger partial charge in [0.2, 0.25) is 0 Å². The second kappa shape index (κ2) is 5.35. The predicted molar refractivity (Wildman–Crippen MR) is 85.7 cm³/mol. The van der Waals surface area contributed by atoms with Gasteiger partial charge in [0, 0.05) is 11.8 Å². The molecular formula is C13H11Cl2NO3S2. The minimum Gasteiger partial charge on any atom is -0.482 e. The SMILES string of the molecule is CS(=O)(=O)c1ccc2c(c1)NCC(c1cc(Cl)sc1Cl)O2. The molecule has 0 bridgehead atoms. The normalized spacial score (nSPS) is 17.8. The van der Waals surface area contributed by atoms with Crippen LogP contribution in [-0.2, 0) is 9.84 Å². The number of hydrogen-bond donors (Lipinski definition) is 1. The summed E-state index contributed by atoms with van der Waals surface area (Å²) in [7, 11) is -3.24. The topological polar surface area (TPSA) is 55.4 Å². The molecule has 0 spiro atoms. The molecule has 4 nitrogen and oxygen atoms in total. The minimum atomic E-state index is -3.24. The number of anilines is 1. The number of benzene rings is 1. The molecule has 8 heteroatoms. The number of thiophene rings is 1. The molecule has 0 aliphatic carbocycles. The van der Waals surface area contributed by atoms with Crippen LogP contribution in [0.25, 0.3) is 0 Å². The largest absolute Gasteiger partial charge is 0.482 e. The molecule has 1 unspecified atom stereocenters. The third-order valence-corrected chi connectivity index (χ3v) is 5.78. The van der Waals surface area contributed by atoms with Gasteiger partial charge in [-0.3, -0.25) is 0 Å². The Bertz CT molecular complexity index is 802. The van der Waals surface area contributed by atoms with Crippen LogP contribution in [0.1, 0.15) is 11.7 Å². The molecule has 1 aromatic heterocycles. The van der Waals surface area contributed by atoms with E-state index < -0.39 is 9.84 Å². The molecule has 1 aliphatic heterocycles. The van der Waals surface area contributed by atoms with Crippen LogP contribution in [0.3, 0.4) is 0 Å². The molecule has 0 saturated heterocycles. The Kier molecular flexibility index (Phi) is 3.81. The number of fused-ring (bicyclic) bond motifs is 1. The van der Waals surface area contributed by atoms with Crippen LogP contribution in [0.5, 0.6) is 5.75 Å². The smallest absolute Gasteiger partial charge is 0.175 e. The molecule has 21 heavy (non-hydrogen) atoms. The van der Waals surface area contributed by atoms with Crippen molar-refractivity contribution in [2.45, 2.75) is 11.0 Å². The fourth-order valence-electron chi connectivity index (χ4n) is 2.12. The van der Waals surface area contributed by atoms with E-state index in [1.165, 1.54) is 23.7 Å². The van der Waals surface area contributed by atoms with Crippen LogP contribution in [-0.4, -0.2) is 21.2 Å². The Labute approximate surface area is 136 Å². The molecule has 2 aromatic rings. The lowest BCUT2D eigenvalue weighted by Crippen LogP contribution is -2.23. The zero-order chi connectivity index (χ0) is 15.2. The summed E-state index contributed by atoms with van der Waals surface area (Å²) in [5, 5.41) is 3.17. The summed E-state index contributed by atoms with van der Waals surface area (Å²) in [5.74, 6) is 0.594. The standard InChI is InChI=1S/C13H11Cl2NO3S2/c1-21(17,18)7-2-3-10-9(4-7)16-6-11(19-10)8-5-12(14)20-13(8)15/h2-5,11,16H,6H2,1H3. The zero-order valence-corrected chi connectivity index (χ0v) is 14.0. The number of sulfone groups is 1. The van der Waals surface area contributed by atoms with E-state index in [0.717, 1.165) is 5.56 Å². The molecule has 3 rings (SSSR count). The molecule has 0 saturated carbocycles. The van der Waals surface area contributed by atoms with Crippen molar-refractivity contribution in [1.82, 2.24) is 0 Å². The van der Waals surface area contributed by atoms with Gasteiger partial charge in [-0.05, 0) is 24.3 Å². The average Bonchev–Trinajstić information content (AvgIpc) is 2.75. The molecule has 0 amide bonds. The number of halogens is 2. The first-order chi connectivity index (χ1) is 9.84. The fourth-order valence-corrected chi connectivity index (χ4v) is 4.33. The van der Waals surface area contributed by atoms with Gasteiger partial charge in [-0.2, -0.15) is 0 Å². The lowest BCUT2D eigenvalue weighted by molar-refractivity contribution is 0.211. The van der Waals surface area contributed by atoms with E-state index in [9.17, 15) is 8.42 Å². The monoisotopic (exact) mass is 363 g/mol. The summed E-state index contributed by atoms with van der Waals surface area (Å²) in [6.45, 7) is 0.493. The molecular weight excluding hydrogens is 353 g/mol. The molecule has 0 radical (unpaired) electrons. The molecule has 112 valence electrons. The Balaban J connectivity index is 1.92. The van der Waals surface area contributed by atoms with Crippen LogP contribution in [0, 0.1) is 0 Å². The van der Waals surface area contributed by atoms with Crippen molar-refractivity contribution in [2.24, 2.45) is 0 Å². The van der Waals surface area contributed by atoms with Crippen LogP contribution in [0.2, 0.25) is 8.67 Å². The number of ether oxygens (including phenoxy) is 1. The summed E-state index contributed by atoms with van der Waals surface area (Å²) in [5.41, 5.74) is 1.49. The van der Waals surface area contributed by atoms with Crippen LogP contribution in [0.4, 0.5) is 5.69 Å². The number of rotatable bonds is 2. The predicted octanol–water partition coefficient (Wildman–Crippen LogP) is 4.00. The van der Waals surface area contributed by atoms with E-state index >= 15 is 0 Å². The Morgan fingerprint density at radius 3 is 2.71 bits per heavy atom. The first kappa shape index (κ1) is 15.0. The van der Waals surface area contributed by atoms with E-state index in [-0.39, 0.29) is 11.0 Å². The highest BCUT2D eigenvalue weighted by molar-refractivity contribution is 7.90. The second-order valence-corrected chi connectivity index (χ2v) is 9.00. The van der Waals surface area contributed by atoms with Crippen molar-refractivity contribution < 1.29 is 13.2 Å². The van der Waals surface area contributed by atoms with Crippen LogP contribution >= 0.6 is 34.5 Å². The molecule has 1 aromatic carbocycles. The molecule has 0 fully saturated rings. The summed E-state index contributed by atoms with van der Waals surface area (Å²) >= 11 is 13.4. The van der Waals surface area contributed by atoms with Gasteiger partial charge in [-0.15, -0.1) is 11.3 Å². The fraction of sp³-hybridized carbons (Fsp3) is 0.231. The van der Waals surface area contributed by atoms with Crippen LogP contribution in [0.15, 0.2) is 29.2 Å². The Hall–Kier alpha value is -0.950. The van der Waals surface area contributed by atoms with Gasteiger partial charge in [0.15, 0.2) is 9.84 Å². The average molecular weight is 364 g/mol. The number of nitrogens with one attached hydrogen (secondary N) is 1. The van der Waals surface area contributed by atoms with Gasteiger partial charge < -0.3 is 10.1 Å². The third kappa shape index (κ3) is 2.99. The van der Waals surface area contributed by atoms with E-state index in [1.807, 2.05) is 0 Å². The van der Waals surface area contributed by atoms with E-state index in [4.69, 9.17) is 27.9 Å². The second-order valence-electron chi connectivity index (χ2n) is 4.70. The lowest BCUT2D eigenvalue weighted by atomic mass is 10.1. The van der Waals surface area contributed by atoms with Crippen molar-refractivity contribution in [3.05, 3.63) is 38.5 Å².